The van der Waals surface area contributed by atoms with Gasteiger partial charge < -0.3 is 15.0 Å². The number of piperidine rings is 1. The first-order valence-corrected chi connectivity index (χ1v) is 9.19. The Balaban J connectivity index is 1.57. The van der Waals surface area contributed by atoms with Crippen LogP contribution in [0, 0.1) is 0 Å². The summed E-state index contributed by atoms with van der Waals surface area (Å²) in [6.07, 6.45) is 3.45. The largest absolute Gasteiger partial charge is 0.378 e. The molecule has 0 radical (unpaired) electrons. The molecule has 0 aromatic rings. The molecule has 2 rings (SSSR count). The zero-order chi connectivity index (χ0) is 13.7. The summed E-state index contributed by atoms with van der Waals surface area (Å²) in [4.78, 5) is 2.44. The summed E-state index contributed by atoms with van der Waals surface area (Å²) in [5, 5.41) is 3.37. The Labute approximate surface area is 116 Å². The van der Waals surface area contributed by atoms with Crippen LogP contribution in [0.2, 0.25) is 0 Å². The summed E-state index contributed by atoms with van der Waals surface area (Å²) in [7, 11) is -2.76. The van der Waals surface area contributed by atoms with E-state index in [0.29, 0.717) is 17.6 Å². The first-order chi connectivity index (χ1) is 9.09. The number of ether oxygens (including phenoxy) is 1. The van der Waals surface area contributed by atoms with Gasteiger partial charge in [-0.2, -0.15) is 0 Å². The van der Waals surface area contributed by atoms with Crippen LogP contribution in [-0.2, 0) is 14.6 Å². The number of hydrogen-bond acceptors (Lipinski definition) is 5. The van der Waals surface area contributed by atoms with Gasteiger partial charge in [0.05, 0.1) is 17.6 Å². The van der Waals surface area contributed by atoms with Crippen molar-refractivity contribution in [3.8, 4) is 0 Å². The van der Waals surface area contributed by atoms with Crippen molar-refractivity contribution in [2.24, 2.45) is 0 Å². The lowest BCUT2D eigenvalue weighted by Gasteiger charge is -2.31. The van der Waals surface area contributed by atoms with E-state index in [1.807, 2.05) is 6.92 Å². The fourth-order valence-electron chi connectivity index (χ4n) is 2.92. The van der Waals surface area contributed by atoms with E-state index < -0.39 is 9.84 Å². The Morgan fingerprint density at radius 2 is 2.00 bits per heavy atom. The Morgan fingerprint density at radius 3 is 2.58 bits per heavy atom. The molecule has 1 atom stereocenters. The number of likely N-dealkylation sites (tertiary alicyclic amines) is 1. The van der Waals surface area contributed by atoms with E-state index in [0.717, 1.165) is 52.0 Å². The molecule has 112 valence electrons. The minimum atomic E-state index is -2.76. The summed E-state index contributed by atoms with van der Waals surface area (Å²) in [5.41, 5.74) is 0. The molecular weight excluding hydrogens is 264 g/mol. The predicted octanol–water partition coefficient (Wildman–Crippen LogP) is 0.264. The number of hydrogen-bond donors (Lipinski definition) is 1. The molecule has 2 aliphatic heterocycles. The summed E-state index contributed by atoms with van der Waals surface area (Å²) >= 11 is 0. The molecule has 6 heteroatoms. The normalized spacial score (nSPS) is 28.8. The van der Waals surface area contributed by atoms with Crippen molar-refractivity contribution in [3.63, 3.8) is 0 Å². The van der Waals surface area contributed by atoms with Gasteiger partial charge in [0.15, 0.2) is 9.84 Å². The molecule has 5 nitrogen and oxygen atoms in total. The van der Waals surface area contributed by atoms with Gasteiger partial charge >= 0.3 is 0 Å². The SMILES string of the molecule is CCOC1CCN(CCNC2CCS(=O)(=O)C2)CC1. The van der Waals surface area contributed by atoms with E-state index in [4.69, 9.17) is 4.74 Å². The lowest BCUT2D eigenvalue weighted by molar-refractivity contribution is 0.0145. The molecule has 0 aliphatic carbocycles. The minimum absolute atomic E-state index is 0.172. The third-order valence-electron chi connectivity index (χ3n) is 4.03. The number of sulfone groups is 1. The van der Waals surface area contributed by atoms with Crippen molar-refractivity contribution in [2.75, 3.05) is 44.3 Å². The Bertz CT molecular complexity index is 364. The van der Waals surface area contributed by atoms with Gasteiger partial charge in [0.25, 0.3) is 0 Å². The van der Waals surface area contributed by atoms with Crippen LogP contribution in [0.5, 0.6) is 0 Å². The highest BCUT2D eigenvalue weighted by Gasteiger charge is 2.27. The maximum absolute atomic E-state index is 11.3. The lowest BCUT2D eigenvalue weighted by atomic mass is 10.1. The second-order valence-electron chi connectivity index (χ2n) is 5.55. The van der Waals surface area contributed by atoms with Gasteiger partial charge in [0.1, 0.15) is 0 Å². The maximum atomic E-state index is 11.3. The van der Waals surface area contributed by atoms with Crippen molar-refractivity contribution in [1.29, 1.82) is 0 Å². The van der Waals surface area contributed by atoms with Crippen LogP contribution in [0.4, 0.5) is 0 Å². The lowest BCUT2D eigenvalue weighted by Crippen LogP contribution is -2.42. The average molecular weight is 290 g/mol. The van der Waals surface area contributed by atoms with Gasteiger partial charge in [-0.05, 0) is 26.2 Å². The molecule has 0 bridgehead atoms. The summed E-state index contributed by atoms with van der Waals surface area (Å²) in [5.74, 6) is 0.670. The molecule has 2 heterocycles. The summed E-state index contributed by atoms with van der Waals surface area (Å²) in [6, 6.07) is 0.172. The number of rotatable bonds is 6. The highest BCUT2D eigenvalue weighted by atomic mass is 32.2. The van der Waals surface area contributed by atoms with Crippen molar-refractivity contribution < 1.29 is 13.2 Å². The second-order valence-corrected chi connectivity index (χ2v) is 7.78. The fraction of sp³-hybridized carbons (Fsp3) is 1.00. The van der Waals surface area contributed by atoms with E-state index >= 15 is 0 Å². The topological polar surface area (TPSA) is 58.6 Å². The van der Waals surface area contributed by atoms with E-state index in [-0.39, 0.29) is 6.04 Å². The Morgan fingerprint density at radius 1 is 1.26 bits per heavy atom. The molecule has 0 aromatic carbocycles. The zero-order valence-corrected chi connectivity index (χ0v) is 12.6. The molecule has 1 unspecified atom stereocenters. The van der Waals surface area contributed by atoms with Crippen LogP contribution >= 0.6 is 0 Å². The second kappa shape index (κ2) is 7.02. The first-order valence-electron chi connectivity index (χ1n) is 7.37. The van der Waals surface area contributed by atoms with Gasteiger partial charge in [-0.3, -0.25) is 0 Å². The van der Waals surface area contributed by atoms with Gasteiger partial charge in [0.2, 0.25) is 0 Å². The van der Waals surface area contributed by atoms with E-state index in [1.54, 1.807) is 0 Å². The third-order valence-corrected chi connectivity index (χ3v) is 5.80. The molecular formula is C13H26N2O3S. The number of nitrogens with zero attached hydrogens (tertiary/aromatic N) is 1. The Hall–Kier alpha value is -0.170. The quantitative estimate of drug-likeness (QED) is 0.760. The molecule has 0 aromatic heterocycles. The molecule has 2 aliphatic rings. The monoisotopic (exact) mass is 290 g/mol. The predicted molar refractivity (Wildman–Crippen MR) is 76.1 cm³/mol. The van der Waals surface area contributed by atoms with Crippen molar-refractivity contribution >= 4 is 9.84 Å². The van der Waals surface area contributed by atoms with Gasteiger partial charge in [-0.25, -0.2) is 8.42 Å². The standard InChI is InChI=1S/C13H26N2O3S/c1-2-18-13-3-7-15(8-4-13)9-6-14-12-5-10-19(16,17)11-12/h12-14H,2-11H2,1H3. The van der Waals surface area contributed by atoms with Crippen LogP contribution in [0.3, 0.4) is 0 Å². The Kier molecular flexibility index (Phi) is 5.62. The molecule has 0 amide bonds. The molecule has 2 saturated heterocycles. The average Bonchev–Trinajstić information content (AvgIpc) is 2.72. The fourth-order valence-corrected chi connectivity index (χ4v) is 4.63. The van der Waals surface area contributed by atoms with Gasteiger partial charge in [-0.15, -0.1) is 0 Å². The summed E-state index contributed by atoms with van der Waals surface area (Å²) < 4.78 is 28.3. The van der Waals surface area contributed by atoms with Crippen molar-refractivity contribution in [1.82, 2.24) is 10.2 Å². The van der Waals surface area contributed by atoms with Crippen LogP contribution in [0.25, 0.3) is 0 Å². The minimum Gasteiger partial charge on any atom is -0.378 e. The van der Waals surface area contributed by atoms with Crippen LogP contribution in [0.15, 0.2) is 0 Å². The maximum Gasteiger partial charge on any atom is 0.151 e. The van der Waals surface area contributed by atoms with E-state index in [2.05, 4.69) is 10.2 Å². The first kappa shape index (κ1) is 15.2. The van der Waals surface area contributed by atoms with Crippen LogP contribution < -0.4 is 5.32 Å². The molecule has 1 N–H and O–H groups in total. The van der Waals surface area contributed by atoms with E-state index in [9.17, 15) is 8.42 Å². The molecule has 2 fully saturated rings. The van der Waals surface area contributed by atoms with Crippen molar-refractivity contribution in [2.45, 2.75) is 38.3 Å². The van der Waals surface area contributed by atoms with Crippen LogP contribution in [0.1, 0.15) is 26.2 Å². The molecule has 19 heavy (non-hydrogen) atoms. The molecule has 0 saturated carbocycles. The highest BCUT2D eigenvalue weighted by molar-refractivity contribution is 7.91. The highest BCUT2D eigenvalue weighted by Crippen LogP contribution is 2.14. The van der Waals surface area contributed by atoms with E-state index in [1.165, 1.54) is 0 Å². The third kappa shape index (κ3) is 5.02. The van der Waals surface area contributed by atoms with Crippen molar-refractivity contribution in [3.05, 3.63) is 0 Å². The molecule has 0 spiro atoms. The number of nitrogens with one attached hydrogen (secondary N) is 1. The smallest absolute Gasteiger partial charge is 0.151 e. The van der Waals surface area contributed by atoms with Crippen LogP contribution in [-0.4, -0.2) is 69.8 Å². The summed E-state index contributed by atoms with van der Waals surface area (Å²) in [6.45, 7) is 6.94. The van der Waals surface area contributed by atoms with Gasteiger partial charge in [-0.1, -0.05) is 0 Å². The zero-order valence-electron chi connectivity index (χ0n) is 11.8. The van der Waals surface area contributed by atoms with Gasteiger partial charge in [0, 0.05) is 38.8 Å².